The molecule has 0 aliphatic heterocycles. The number of carboxylic acid groups (broad SMARTS) is 1. The minimum Gasteiger partial charge on any atom is -0.481 e. The largest absolute Gasteiger partial charge is 0.481 e. The van der Waals surface area contributed by atoms with Gasteiger partial charge in [-0.2, -0.15) is 0 Å². The average molecular weight is 357 g/mol. The lowest BCUT2D eigenvalue weighted by Gasteiger charge is -2.00. The van der Waals surface area contributed by atoms with Gasteiger partial charge in [0.2, 0.25) is 0 Å². The van der Waals surface area contributed by atoms with Crippen LogP contribution in [0, 0.1) is 0 Å². The molecule has 1 N–H and O–H groups in total. The van der Waals surface area contributed by atoms with Gasteiger partial charge in [-0.15, -0.1) is 0 Å². The molecule has 0 fully saturated rings. The fourth-order valence-corrected chi connectivity index (χ4v) is 2.97. The van der Waals surface area contributed by atoms with Crippen molar-refractivity contribution in [3.05, 3.63) is 0 Å². The van der Waals surface area contributed by atoms with Crippen molar-refractivity contribution < 1.29 is 9.90 Å². The van der Waals surface area contributed by atoms with Crippen molar-refractivity contribution in [3.8, 4) is 0 Å². The zero-order valence-electron chi connectivity index (χ0n) is 17.8. The van der Waals surface area contributed by atoms with Crippen molar-refractivity contribution in [2.24, 2.45) is 0 Å². The Hall–Kier alpha value is -0.530. The van der Waals surface area contributed by atoms with Crippen molar-refractivity contribution in [3.63, 3.8) is 0 Å². The Balaban J connectivity index is 0. The monoisotopic (exact) mass is 356 g/mol. The van der Waals surface area contributed by atoms with E-state index in [2.05, 4.69) is 20.8 Å². The molecule has 0 rings (SSSR count). The number of unbranched alkanes of at least 4 members (excludes halogenated alkanes) is 16. The van der Waals surface area contributed by atoms with Gasteiger partial charge in [-0.05, 0) is 6.42 Å². The molecule has 0 radical (unpaired) electrons. The van der Waals surface area contributed by atoms with Crippen LogP contribution in [0.25, 0.3) is 0 Å². The highest BCUT2D eigenvalue weighted by Gasteiger charge is 1.95. The number of aliphatic carboxylic acids is 1. The molecule has 0 aliphatic rings. The summed E-state index contributed by atoms with van der Waals surface area (Å²) in [5.74, 6) is -0.663. The maximum absolute atomic E-state index is 10.1. The standard InChI is InChI=1S/C13H28.C10H20O2/c1-3-5-7-9-11-13-12-10-8-6-4-2;1-2-3-4-5-6-7-8-9-10(11)12/h3-13H2,1-2H3;2-9H2,1H3,(H,11,12). The highest BCUT2D eigenvalue weighted by Crippen LogP contribution is 2.11. The van der Waals surface area contributed by atoms with Gasteiger partial charge in [-0.1, -0.05) is 130 Å². The zero-order valence-corrected chi connectivity index (χ0v) is 17.8. The van der Waals surface area contributed by atoms with Gasteiger partial charge in [0.1, 0.15) is 0 Å². The van der Waals surface area contributed by atoms with Crippen LogP contribution in [0.4, 0.5) is 0 Å². The minimum absolute atomic E-state index is 0.341. The minimum atomic E-state index is -0.663. The zero-order chi connectivity index (χ0) is 19.0. The lowest BCUT2D eigenvalue weighted by molar-refractivity contribution is -0.137. The molecule has 0 saturated carbocycles. The molecule has 0 aromatic carbocycles. The first-order chi connectivity index (χ1) is 12.2. The lowest BCUT2D eigenvalue weighted by atomic mass is 10.1. The summed E-state index contributed by atoms with van der Waals surface area (Å²) in [6, 6.07) is 0. The fraction of sp³-hybridized carbons (Fsp3) is 0.957. The molecule has 0 saturated heterocycles. The van der Waals surface area contributed by atoms with Gasteiger partial charge < -0.3 is 5.11 Å². The summed E-state index contributed by atoms with van der Waals surface area (Å²) in [6.45, 7) is 6.76. The topological polar surface area (TPSA) is 37.3 Å². The van der Waals surface area contributed by atoms with Gasteiger partial charge in [0.05, 0.1) is 0 Å². The normalized spacial score (nSPS) is 10.4. The van der Waals surface area contributed by atoms with E-state index in [-0.39, 0.29) is 0 Å². The van der Waals surface area contributed by atoms with Crippen molar-refractivity contribution in [2.75, 3.05) is 0 Å². The third-order valence-corrected chi connectivity index (χ3v) is 4.70. The lowest BCUT2D eigenvalue weighted by Crippen LogP contribution is -1.93. The van der Waals surface area contributed by atoms with E-state index in [1.54, 1.807) is 0 Å². The van der Waals surface area contributed by atoms with Crippen LogP contribution in [-0.2, 0) is 4.79 Å². The average Bonchev–Trinajstić information content (AvgIpc) is 2.60. The predicted molar refractivity (Wildman–Crippen MR) is 112 cm³/mol. The second-order valence-electron chi connectivity index (χ2n) is 7.45. The maximum atomic E-state index is 10.1. The first-order valence-corrected chi connectivity index (χ1v) is 11.4. The highest BCUT2D eigenvalue weighted by atomic mass is 16.4. The van der Waals surface area contributed by atoms with Gasteiger partial charge in [0.25, 0.3) is 0 Å². The van der Waals surface area contributed by atoms with Gasteiger partial charge in [-0.3, -0.25) is 4.79 Å². The van der Waals surface area contributed by atoms with Crippen molar-refractivity contribution in [2.45, 2.75) is 143 Å². The first-order valence-electron chi connectivity index (χ1n) is 11.4. The molecule has 0 bridgehead atoms. The van der Waals surface area contributed by atoms with Crippen molar-refractivity contribution in [1.82, 2.24) is 0 Å². The summed E-state index contributed by atoms with van der Waals surface area (Å²) in [5, 5.41) is 8.35. The third-order valence-electron chi connectivity index (χ3n) is 4.70. The fourth-order valence-electron chi connectivity index (χ4n) is 2.97. The Labute approximate surface area is 159 Å². The molecule has 0 spiro atoms. The van der Waals surface area contributed by atoms with E-state index in [1.165, 1.54) is 103 Å². The molecule has 0 aliphatic carbocycles. The van der Waals surface area contributed by atoms with E-state index in [0.717, 1.165) is 12.8 Å². The predicted octanol–water partition coefficient (Wildman–Crippen LogP) is 8.53. The molecule has 152 valence electrons. The summed E-state index contributed by atoms with van der Waals surface area (Å²) in [5.41, 5.74) is 0. The van der Waals surface area contributed by atoms with Gasteiger partial charge in [0.15, 0.2) is 0 Å². The summed E-state index contributed by atoms with van der Waals surface area (Å²) in [6.07, 6.45) is 24.6. The molecule has 0 aromatic rings. The van der Waals surface area contributed by atoms with Gasteiger partial charge in [0, 0.05) is 6.42 Å². The Morgan fingerprint density at radius 3 is 0.960 bits per heavy atom. The van der Waals surface area contributed by atoms with E-state index in [4.69, 9.17) is 5.11 Å². The highest BCUT2D eigenvalue weighted by molar-refractivity contribution is 5.66. The van der Waals surface area contributed by atoms with Crippen LogP contribution >= 0.6 is 0 Å². The van der Waals surface area contributed by atoms with Crippen LogP contribution < -0.4 is 0 Å². The quantitative estimate of drug-likeness (QED) is 0.250. The van der Waals surface area contributed by atoms with E-state index < -0.39 is 5.97 Å². The Morgan fingerprint density at radius 1 is 0.480 bits per heavy atom. The molecule has 0 atom stereocenters. The molecule has 0 heterocycles. The third kappa shape index (κ3) is 31.7. The molecule has 0 aromatic heterocycles. The number of rotatable bonds is 18. The molecular weight excluding hydrogens is 308 g/mol. The van der Waals surface area contributed by atoms with Crippen LogP contribution in [0.1, 0.15) is 143 Å². The summed E-state index contributed by atoms with van der Waals surface area (Å²) in [7, 11) is 0. The molecule has 2 heteroatoms. The number of carbonyl (C=O) groups is 1. The van der Waals surface area contributed by atoms with E-state index in [0.29, 0.717) is 6.42 Å². The second-order valence-corrected chi connectivity index (χ2v) is 7.45. The van der Waals surface area contributed by atoms with Gasteiger partial charge in [-0.25, -0.2) is 0 Å². The van der Waals surface area contributed by atoms with Gasteiger partial charge >= 0.3 is 5.97 Å². The summed E-state index contributed by atoms with van der Waals surface area (Å²) >= 11 is 0. The molecule has 2 nitrogen and oxygen atoms in total. The Kier molecular flexibility index (Phi) is 27.5. The maximum Gasteiger partial charge on any atom is 0.303 e. The molecule has 0 amide bonds. The number of carboxylic acids is 1. The number of hydrogen-bond donors (Lipinski definition) is 1. The molecule has 0 unspecified atom stereocenters. The Morgan fingerprint density at radius 2 is 0.720 bits per heavy atom. The summed E-state index contributed by atoms with van der Waals surface area (Å²) in [4.78, 5) is 10.1. The van der Waals surface area contributed by atoms with E-state index in [9.17, 15) is 4.79 Å². The van der Waals surface area contributed by atoms with E-state index >= 15 is 0 Å². The molecular formula is C23H48O2. The SMILES string of the molecule is CCCCCCCCCC(=O)O.CCCCCCCCCCCCC. The Bertz CT molecular complexity index is 228. The van der Waals surface area contributed by atoms with Crippen LogP contribution in [0.15, 0.2) is 0 Å². The second kappa shape index (κ2) is 25.7. The van der Waals surface area contributed by atoms with Crippen LogP contribution in [0.3, 0.4) is 0 Å². The first kappa shape index (κ1) is 26.7. The smallest absolute Gasteiger partial charge is 0.303 e. The molecule has 25 heavy (non-hydrogen) atoms. The summed E-state index contributed by atoms with van der Waals surface area (Å²) < 4.78 is 0. The number of hydrogen-bond acceptors (Lipinski definition) is 1. The van der Waals surface area contributed by atoms with Crippen molar-refractivity contribution in [1.29, 1.82) is 0 Å². The van der Waals surface area contributed by atoms with Crippen LogP contribution in [0.2, 0.25) is 0 Å². The van der Waals surface area contributed by atoms with Crippen LogP contribution in [-0.4, -0.2) is 11.1 Å². The van der Waals surface area contributed by atoms with E-state index in [1.807, 2.05) is 0 Å². The van der Waals surface area contributed by atoms with Crippen LogP contribution in [0.5, 0.6) is 0 Å². The van der Waals surface area contributed by atoms with Crippen molar-refractivity contribution >= 4 is 5.97 Å².